The first-order valence-electron chi connectivity index (χ1n) is 10.6. The number of anilines is 1. The van der Waals surface area contributed by atoms with Crippen LogP contribution in [-0.2, 0) is 4.74 Å². The maximum Gasteiger partial charge on any atom is 0.275 e. The van der Waals surface area contributed by atoms with Crippen molar-refractivity contribution in [2.24, 2.45) is 5.92 Å². The van der Waals surface area contributed by atoms with Gasteiger partial charge in [0.2, 0.25) is 0 Å². The summed E-state index contributed by atoms with van der Waals surface area (Å²) in [6.45, 7) is 5.90. The largest absolute Gasteiger partial charge is 0.491 e. The highest BCUT2D eigenvalue weighted by Crippen LogP contribution is 2.26. The van der Waals surface area contributed by atoms with Crippen molar-refractivity contribution < 1.29 is 19.1 Å². The van der Waals surface area contributed by atoms with E-state index in [2.05, 4.69) is 41.1 Å². The third-order valence-electron chi connectivity index (χ3n) is 5.81. The van der Waals surface area contributed by atoms with E-state index in [4.69, 9.17) is 9.47 Å². The molecule has 0 saturated heterocycles. The third-order valence-corrected chi connectivity index (χ3v) is 5.81. The number of amides is 2. The minimum Gasteiger partial charge on any atom is -0.491 e. The SMILES string of the molecule is CO[C@H]1CN(C)C(=O)c2cc(NC(=O)c3cnccn3)ccc2OC[C@H](C)N(C)C[C@H]1C. The van der Waals surface area contributed by atoms with Crippen molar-refractivity contribution in [1.29, 1.82) is 0 Å². The molecule has 9 heteroatoms. The molecule has 1 aromatic carbocycles. The van der Waals surface area contributed by atoms with Crippen LogP contribution in [0.1, 0.15) is 34.7 Å². The van der Waals surface area contributed by atoms with Gasteiger partial charge >= 0.3 is 0 Å². The maximum absolute atomic E-state index is 13.3. The molecule has 2 amide bonds. The Morgan fingerprint density at radius 1 is 1.22 bits per heavy atom. The number of nitrogens with zero attached hydrogens (tertiary/aromatic N) is 4. The Bertz CT molecular complexity index is 939. The van der Waals surface area contributed by atoms with Crippen molar-refractivity contribution in [2.45, 2.75) is 26.0 Å². The fourth-order valence-corrected chi connectivity index (χ4v) is 3.65. The van der Waals surface area contributed by atoms with Crippen LogP contribution in [-0.4, -0.2) is 84.6 Å². The highest BCUT2D eigenvalue weighted by atomic mass is 16.5. The first-order chi connectivity index (χ1) is 15.3. The number of ether oxygens (including phenoxy) is 2. The average Bonchev–Trinajstić information content (AvgIpc) is 2.80. The molecular formula is C23H31N5O4. The minimum absolute atomic E-state index is 0.109. The molecule has 0 bridgehead atoms. The molecule has 0 aliphatic carbocycles. The molecule has 3 atom stereocenters. The van der Waals surface area contributed by atoms with Crippen molar-refractivity contribution in [3.8, 4) is 5.75 Å². The van der Waals surface area contributed by atoms with E-state index in [0.717, 1.165) is 6.54 Å². The summed E-state index contributed by atoms with van der Waals surface area (Å²) in [4.78, 5) is 37.6. The Labute approximate surface area is 188 Å². The number of hydrogen-bond acceptors (Lipinski definition) is 7. The lowest BCUT2D eigenvalue weighted by Crippen LogP contribution is -2.45. The summed E-state index contributed by atoms with van der Waals surface area (Å²) in [7, 11) is 5.48. The predicted molar refractivity (Wildman–Crippen MR) is 121 cm³/mol. The van der Waals surface area contributed by atoms with Crippen molar-refractivity contribution in [3.05, 3.63) is 48.0 Å². The Hall–Kier alpha value is -3.04. The smallest absolute Gasteiger partial charge is 0.275 e. The molecule has 1 aliphatic rings. The van der Waals surface area contributed by atoms with Gasteiger partial charge in [-0.1, -0.05) is 6.92 Å². The topological polar surface area (TPSA) is 96.9 Å². The van der Waals surface area contributed by atoms with Gasteiger partial charge < -0.3 is 19.7 Å². The van der Waals surface area contributed by atoms with Crippen LogP contribution in [0.5, 0.6) is 5.75 Å². The summed E-state index contributed by atoms with van der Waals surface area (Å²) in [5.41, 5.74) is 1.04. The van der Waals surface area contributed by atoms with Crippen molar-refractivity contribution in [2.75, 3.05) is 46.2 Å². The van der Waals surface area contributed by atoms with Gasteiger partial charge in [0.05, 0.1) is 17.9 Å². The first-order valence-corrected chi connectivity index (χ1v) is 10.6. The fourth-order valence-electron chi connectivity index (χ4n) is 3.65. The third kappa shape index (κ3) is 5.60. The normalized spacial score (nSPS) is 22.8. The number of nitrogens with one attached hydrogen (secondary N) is 1. The van der Waals surface area contributed by atoms with E-state index in [1.54, 1.807) is 37.3 Å². The molecule has 1 aliphatic heterocycles. The number of hydrogen-bond donors (Lipinski definition) is 1. The van der Waals surface area contributed by atoms with Gasteiger partial charge in [0, 0.05) is 51.4 Å². The molecule has 0 saturated carbocycles. The zero-order valence-corrected chi connectivity index (χ0v) is 19.2. The lowest BCUT2D eigenvalue weighted by atomic mass is 10.0. The molecule has 0 radical (unpaired) electrons. The van der Waals surface area contributed by atoms with Gasteiger partial charge in [0.25, 0.3) is 11.8 Å². The molecule has 2 aromatic rings. The van der Waals surface area contributed by atoms with Gasteiger partial charge in [0.1, 0.15) is 18.1 Å². The second-order valence-electron chi connectivity index (χ2n) is 8.29. The van der Waals surface area contributed by atoms with Crippen LogP contribution in [0.2, 0.25) is 0 Å². The van der Waals surface area contributed by atoms with Gasteiger partial charge in [-0.15, -0.1) is 0 Å². The molecule has 2 heterocycles. The Balaban J connectivity index is 1.91. The second kappa shape index (κ2) is 10.5. The van der Waals surface area contributed by atoms with Gasteiger partial charge in [-0.2, -0.15) is 0 Å². The molecule has 0 spiro atoms. The van der Waals surface area contributed by atoms with E-state index in [1.165, 1.54) is 18.6 Å². The number of carbonyl (C=O) groups excluding carboxylic acids is 2. The van der Waals surface area contributed by atoms with Crippen LogP contribution in [0.3, 0.4) is 0 Å². The summed E-state index contributed by atoms with van der Waals surface area (Å²) >= 11 is 0. The van der Waals surface area contributed by atoms with Crippen LogP contribution >= 0.6 is 0 Å². The lowest BCUT2D eigenvalue weighted by molar-refractivity contribution is 0.0150. The van der Waals surface area contributed by atoms with Gasteiger partial charge in [-0.05, 0) is 38.1 Å². The van der Waals surface area contributed by atoms with Crippen LogP contribution in [0.25, 0.3) is 0 Å². The summed E-state index contributed by atoms with van der Waals surface area (Å²) in [5.74, 6) is 0.0873. The Morgan fingerprint density at radius 2 is 2.00 bits per heavy atom. The van der Waals surface area contributed by atoms with E-state index in [9.17, 15) is 9.59 Å². The predicted octanol–water partition coefficient (Wildman–Crippen LogP) is 2.16. The minimum atomic E-state index is -0.406. The summed E-state index contributed by atoms with van der Waals surface area (Å²) in [5, 5.41) is 2.77. The van der Waals surface area contributed by atoms with E-state index < -0.39 is 5.91 Å². The number of rotatable bonds is 3. The van der Waals surface area contributed by atoms with E-state index >= 15 is 0 Å². The Morgan fingerprint density at radius 3 is 2.69 bits per heavy atom. The average molecular weight is 442 g/mol. The molecule has 1 N–H and O–H groups in total. The molecule has 9 nitrogen and oxygen atoms in total. The molecule has 3 rings (SSSR count). The molecule has 0 fully saturated rings. The number of methoxy groups -OCH3 is 1. The highest BCUT2D eigenvalue weighted by molar-refractivity contribution is 6.04. The quantitative estimate of drug-likeness (QED) is 0.780. The zero-order chi connectivity index (χ0) is 23.3. The summed E-state index contributed by atoms with van der Waals surface area (Å²) in [6, 6.07) is 5.20. The Kier molecular flexibility index (Phi) is 7.76. The monoisotopic (exact) mass is 441 g/mol. The van der Waals surface area contributed by atoms with Crippen molar-refractivity contribution in [3.63, 3.8) is 0 Å². The van der Waals surface area contributed by atoms with Crippen LogP contribution < -0.4 is 10.1 Å². The van der Waals surface area contributed by atoms with Crippen molar-refractivity contribution >= 4 is 17.5 Å². The molecule has 0 unspecified atom stereocenters. The van der Waals surface area contributed by atoms with Gasteiger partial charge in [-0.25, -0.2) is 4.98 Å². The number of aromatic nitrogens is 2. The van der Waals surface area contributed by atoms with Crippen LogP contribution in [0.4, 0.5) is 5.69 Å². The second-order valence-corrected chi connectivity index (χ2v) is 8.29. The number of likely N-dealkylation sites (N-methyl/N-ethyl adjacent to an activating group) is 2. The molecule has 172 valence electrons. The maximum atomic E-state index is 13.3. The van der Waals surface area contributed by atoms with Gasteiger partial charge in [0.15, 0.2) is 0 Å². The van der Waals surface area contributed by atoms with Gasteiger partial charge in [-0.3, -0.25) is 19.5 Å². The van der Waals surface area contributed by atoms with Crippen LogP contribution in [0.15, 0.2) is 36.8 Å². The van der Waals surface area contributed by atoms with E-state index in [-0.39, 0.29) is 29.7 Å². The number of benzene rings is 1. The first kappa shape index (κ1) is 23.6. The number of carbonyl (C=O) groups is 2. The molecular weight excluding hydrogens is 410 g/mol. The van der Waals surface area contributed by atoms with E-state index in [0.29, 0.717) is 30.2 Å². The highest BCUT2D eigenvalue weighted by Gasteiger charge is 2.27. The zero-order valence-electron chi connectivity index (χ0n) is 19.2. The van der Waals surface area contributed by atoms with Crippen LogP contribution in [0, 0.1) is 5.92 Å². The summed E-state index contributed by atoms with van der Waals surface area (Å²) in [6.07, 6.45) is 4.22. The molecule has 1 aromatic heterocycles. The molecule has 32 heavy (non-hydrogen) atoms. The number of fused-ring (bicyclic) bond motifs is 1. The van der Waals surface area contributed by atoms with Crippen molar-refractivity contribution in [1.82, 2.24) is 19.8 Å². The van der Waals surface area contributed by atoms with E-state index in [1.807, 2.05) is 0 Å². The summed E-state index contributed by atoms with van der Waals surface area (Å²) < 4.78 is 11.7. The fraction of sp³-hybridized carbons (Fsp3) is 0.478. The standard InChI is InChI=1S/C23H31N5O4/c1-15-12-27(3)16(2)14-32-20-7-6-17(26-22(29)19-11-24-8-9-25-19)10-18(20)23(30)28(4)13-21(15)31-5/h6-11,15-16,21H,12-14H2,1-5H3,(H,26,29)/t15-,16+,21+/m1/s1. The lowest BCUT2D eigenvalue weighted by Gasteiger charge is -2.34.